The zero-order valence-electron chi connectivity index (χ0n) is 6.14. The van der Waals surface area contributed by atoms with Crippen LogP contribution in [0, 0.1) is 0 Å². The van der Waals surface area contributed by atoms with Crippen molar-refractivity contribution in [2.45, 2.75) is 0 Å². The van der Waals surface area contributed by atoms with Gasteiger partial charge in [-0.25, -0.2) is 4.79 Å². The average Bonchev–Trinajstić information content (AvgIpc) is 2.05. The molecule has 1 aromatic rings. The van der Waals surface area contributed by atoms with Crippen molar-refractivity contribution in [3.8, 4) is 0 Å². The Morgan fingerprint density at radius 1 is 1.42 bits per heavy atom. The molecule has 1 aromatic carbocycles. The van der Waals surface area contributed by atoms with Gasteiger partial charge in [0, 0.05) is 0 Å². The van der Waals surface area contributed by atoms with Crippen LogP contribution in [0.2, 0.25) is 0 Å². The lowest BCUT2D eigenvalue weighted by Gasteiger charge is -1.97. The van der Waals surface area contributed by atoms with E-state index in [1.165, 1.54) is 18.2 Å². The molecule has 0 aliphatic rings. The highest BCUT2D eigenvalue weighted by Gasteiger charge is 2.09. The topological polar surface area (TPSA) is 69.9 Å². The van der Waals surface area contributed by atoms with Crippen molar-refractivity contribution in [1.82, 2.24) is 0 Å². The molecule has 12 heavy (non-hydrogen) atoms. The number of hydrogen-bond acceptors (Lipinski definition) is 4. The molecule has 0 heterocycles. The Bertz CT molecular complexity index is 320. The van der Waals surface area contributed by atoms with Gasteiger partial charge in [-0.05, 0) is 17.6 Å². The van der Waals surface area contributed by atoms with Crippen molar-refractivity contribution in [3.05, 3.63) is 24.3 Å². The SMILES string of the molecule is O=C=Nc1cccc(B(O)O)c1. The van der Waals surface area contributed by atoms with Crippen LogP contribution in [-0.2, 0) is 4.79 Å². The molecule has 0 atom stereocenters. The first kappa shape index (κ1) is 8.68. The molecule has 0 fully saturated rings. The normalized spacial score (nSPS) is 8.83. The van der Waals surface area contributed by atoms with E-state index in [4.69, 9.17) is 10.0 Å². The van der Waals surface area contributed by atoms with Crippen molar-refractivity contribution < 1.29 is 14.8 Å². The van der Waals surface area contributed by atoms with Crippen LogP contribution in [0.5, 0.6) is 0 Å². The second-order valence-corrected chi connectivity index (χ2v) is 2.17. The first-order valence-electron chi connectivity index (χ1n) is 3.28. The summed E-state index contributed by atoms with van der Waals surface area (Å²) in [5.74, 6) is 0. The summed E-state index contributed by atoms with van der Waals surface area (Å²) in [6.45, 7) is 0. The van der Waals surface area contributed by atoms with Gasteiger partial charge in [0.05, 0.1) is 5.69 Å². The smallest absolute Gasteiger partial charge is 0.423 e. The van der Waals surface area contributed by atoms with Crippen LogP contribution in [0.4, 0.5) is 5.69 Å². The Hall–Kier alpha value is -1.42. The molecule has 0 saturated heterocycles. The monoisotopic (exact) mass is 163 g/mol. The van der Waals surface area contributed by atoms with Gasteiger partial charge < -0.3 is 10.0 Å². The van der Waals surface area contributed by atoms with E-state index in [0.29, 0.717) is 11.2 Å². The van der Waals surface area contributed by atoms with Crippen LogP contribution in [0.3, 0.4) is 0 Å². The summed E-state index contributed by atoms with van der Waals surface area (Å²) in [6.07, 6.45) is 1.36. The molecule has 4 nitrogen and oxygen atoms in total. The predicted molar refractivity (Wildman–Crippen MR) is 44.0 cm³/mol. The minimum absolute atomic E-state index is 0.298. The number of isocyanates is 1. The fourth-order valence-corrected chi connectivity index (χ4v) is 0.808. The van der Waals surface area contributed by atoms with Gasteiger partial charge >= 0.3 is 7.12 Å². The van der Waals surface area contributed by atoms with Gasteiger partial charge in [0.2, 0.25) is 6.08 Å². The van der Waals surface area contributed by atoms with Crippen LogP contribution in [0.1, 0.15) is 0 Å². The summed E-state index contributed by atoms with van der Waals surface area (Å²) in [5, 5.41) is 17.5. The Morgan fingerprint density at radius 3 is 2.75 bits per heavy atom. The molecule has 0 saturated carbocycles. The van der Waals surface area contributed by atoms with E-state index in [0.717, 1.165) is 0 Å². The number of hydrogen-bond donors (Lipinski definition) is 2. The molecule has 1 rings (SSSR count). The highest BCUT2D eigenvalue weighted by atomic mass is 16.4. The Labute approximate surface area is 69.3 Å². The van der Waals surface area contributed by atoms with Gasteiger partial charge in [-0.15, -0.1) is 0 Å². The van der Waals surface area contributed by atoms with Gasteiger partial charge in [0.15, 0.2) is 0 Å². The van der Waals surface area contributed by atoms with Crippen LogP contribution in [0.15, 0.2) is 29.3 Å². The van der Waals surface area contributed by atoms with E-state index in [1.807, 2.05) is 0 Å². The highest BCUT2D eigenvalue weighted by Crippen LogP contribution is 2.06. The van der Waals surface area contributed by atoms with E-state index in [2.05, 4.69) is 4.99 Å². The molecule has 0 amide bonds. The molecule has 2 N–H and O–H groups in total. The minimum Gasteiger partial charge on any atom is -0.423 e. The van der Waals surface area contributed by atoms with Crippen LogP contribution in [-0.4, -0.2) is 23.2 Å². The number of benzene rings is 1. The largest absolute Gasteiger partial charge is 0.488 e. The summed E-state index contributed by atoms with van der Waals surface area (Å²) in [4.78, 5) is 13.2. The van der Waals surface area contributed by atoms with E-state index in [1.54, 1.807) is 12.1 Å². The number of nitrogens with zero attached hydrogens (tertiary/aromatic N) is 1. The average molecular weight is 163 g/mol. The Kier molecular flexibility index (Phi) is 2.77. The van der Waals surface area contributed by atoms with Crippen molar-refractivity contribution in [2.24, 2.45) is 4.99 Å². The standard InChI is InChI=1S/C7H6BNO3/c10-5-9-7-3-1-2-6(4-7)8(11)12/h1-4,11-12H. The summed E-state index contributed by atoms with van der Waals surface area (Å²) in [6, 6.07) is 6.06. The lowest BCUT2D eigenvalue weighted by Crippen LogP contribution is -2.29. The molecule has 0 spiro atoms. The first-order valence-corrected chi connectivity index (χ1v) is 3.28. The predicted octanol–water partition coefficient (Wildman–Crippen LogP) is -0.666. The molecule has 0 radical (unpaired) electrons. The lowest BCUT2D eigenvalue weighted by molar-refractivity contribution is 0.426. The molecular formula is C7H6BNO3. The molecule has 0 aromatic heterocycles. The fourth-order valence-electron chi connectivity index (χ4n) is 0.808. The number of carbonyl (C=O) groups excluding carboxylic acids is 1. The number of rotatable bonds is 2. The quantitative estimate of drug-likeness (QED) is 0.345. The molecule has 0 unspecified atom stereocenters. The maximum Gasteiger partial charge on any atom is 0.488 e. The maximum absolute atomic E-state index is 9.84. The van der Waals surface area contributed by atoms with E-state index >= 15 is 0 Å². The van der Waals surface area contributed by atoms with E-state index in [9.17, 15) is 4.79 Å². The molecule has 0 bridgehead atoms. The molecule has 60 valence electrons. The highest BCUT2D eigenvalue weighted by molar-refractivity contribution is 6.58. The van der Waals surface area contributed by atoms with Crippen LogP contribution >= 0.6 is 0 Å². The third kappa shape index (κ3) is 2.03. The molecular weight excluding hydrogens is 157 g/mol. The summed E-state index contributed by atoms with van der Waals surface area (Å²) >= 11 is 0. The third-order valence-corrected chi connectivity index (χ3v) is 1.34. The zero-order valence-corrected chi connectivity index (χ0v) is 6.14. The minimum atomic E-state index is -1.54. The fraction of sp³-hybridized carbons (Fsp3) is 0. The molecule has 0 aliphatic carbocycles. The summed E-state index contributed by atoms with van der Waals surface area (Å²) in [7, 11) is -1.54. The number of aliphatic imine (C=N–C) groups is 1. The van der Waals surface area contributed by atoms with Crippen molar-refractivity contribution >= 4 is 24.3 Å². The second-order valence-electron chi connectivity index (χ2n) is 2.17. The van der Waals surface area contributed by atoms with Crippen molar-refractivity contribution in [3.63, 3.8) is 0 Å². The van der Waals surface area contributed by atoms with Gasteiger partial charge in [-0.3, -0.25) is 0 Å². The second kappa shape index (κ2) is 3.83. The van der Waals surface area contributed by atoms with Crippen molar-refractivity contribution in [1.29, 1.82) is 0 Å². The van der Waals surface area contributed by atoms with E-state index in [-0.39, 0.29) is 0 Å². The molecule has 5 heteroatoms. The summed E-state index contributed by atoms with van der Waals surface area (Å²) < 4.78 is 0. The van der Waals surface area contributed by atoms with Gasteiger partial charge in [-0.2, -0.15) is 4.99 Å². The zero-order chi connectivity index (χ0) is 8.97. The van der Waals surface area contributed by atoms with Gasteiger partial charge in [0.25, 0.3) is 0 Å². The first-order chi connectivity index (χ1) is 5.74. The Balaban J connectivity index is 3.03. The lowest BCUT2D eigenvalue weighted by atomic mass is 9.80. The summed E-state index contributed by atoms with van der Waals surface area (Å²) in [5.41, 5.74) is 0.655. The van der Waals surface area contributed by atoms with Crippen LogP contribution in [0.25, 0.3) is 0 Å². The van der Waals surface area contributed by atoms with Gasteiger partial charge in [0.1, 0.15) is 0 Å². The Morgan fingerprint density at radius 2 is 2.17 bits per heavy atom. The maximum atomic E-state index is 9.84. The third-order valence-electron chi connectivity index (χ3n) is 1.34. The van der Waals surface area contributed by atoms with Crippen molar-refractivity contribution in [2.75, 3.05) is 0 Å². The molecule has 0 aliphatic heterocycles. The van der Waals surface area contributed by atoms with E-state index < -0.39 is 7.12 Å². The van der Waals surface area contributed by atoms with Crippen LogP contribution < -0.4 is 5.46 Å². The van der Waals surface area contributed by atoms with Gasteiger partial charge in [-0.1, -0.05) is 12.1 Å².